The first kappa shape index (κ1) is 20.2. The highest BCUT2D eigenvalue weighted by molar-refractivity contribution is 6.40. The Balaban J connectivity index is 2.00. The Morgan fingerprint density at radius 3 is 2.46 bits per heavy atom. The van der Waals surface area contributed by atoms with Gasteiger partial charge in [0.2, 0.25) is 0 Å². The molecular formula is C19H20Cl2N4O3. The number of nitrogens with one attached hydrogen (secondary N) is 2. The number of furan rings is 1. The minimum absolute atomic E-state index is 0.144. The molecule has 1 aliphatic carbocycles. The fourth-order valence-corrected chi connectivity index (χ4v) is 3.83. The molecule has 0 unspecified atom stereocenters. The fourth-order valence-electron chi connectivity index (χ4n) is 3.34. The Morgan fingerprint density at radius 2 is 1.86 bits per heavy atom. The van der Waals surface area contributed by atoms with Crippen molar-refractivity contribution in [1.29, 1.82) is 0 Å². The Kier molecular flexibility index (Phi) is 5.41. The van der Waals surface area contributed by atoms with Gasteiger partial charge in [-0.05, 0) is 30.9 Å². The van der Waals surface area contributed by atoms with Gasteiger partial charge < -0.3 is 15.5 Å². The topological polar surface area (TPSA) is 110 Å². The van der Waals surface area contributed by atoms with Crippen molar-refractivity contribution in [1.82, 2.24) is 5.43 Å². The number of nitrogens with two attached hydrogens (primary N) is 1. The summed E-state index contributed by atoms with van der Waals surface area (Å²) in [7, 11) is 0. The van der Waals surface area contributed by atoms with Gasteiger partial charge in [-0.15, -0.1) is 0 Å². The van der Waals surface area contributed by atoms with Gasteiger partial charge in [-0.25, -0.2) is 10.2 Å². The van der Waals surface area contributed by atoms with E-state index in [1.807, 2.05) is 0 Å². The molecule has 1 aromatic heterocycles. The zero-order chi connectivity index (χ0) is 20.6. The highest BCUT2D eigenvalue weighted by Crippen LogP contribution is 2.39. The quantitative estimate of drug-likeness (QED) is 0.633. The number of carbonyl (C=O) groups excluding carboxylic acids is 2. The molecule has 0 spiro atoms. The van der Waals surface area contributed by atoms with E-state index in [0.29, 0.717) is 51.2 Å². The molecular weight excluding hydrogens is 403 g/mol. The predicted octanol–water partition coefficient (Wildman–Crippen LogP) is 4.49. The summed E-state index contributed by atoms with van der Waals surface area (Å²) >= 11 is 12.3. The molecule has 7 nitrogen and oxygen atoms in total. The van der Waals surface area contributed by atoms with E-state index in [-0.39, 0.29) is 11.2 Å². The highest BCUT2D eigenvalue weighted by Gasteiger charge is 2.36. The lowest BCUT2D eigenvalue weighted by molar-refractivity contribution is 0.0993. The molecule has 0 atom stereocenters. The van der Waals surface area contributed by atoms with E-state index in [1.54, 1.807) is 25.1 Å². The van der Waals surface area contributed by atoms with Crippen LogP contribution in [0.3, 0.4) is 0 Å². The third-order valence-electron chi connectivity index (χ3n) is 4.50. The number of amides is 3. The Hall–Kier alpha value is -2.51. The van der Waals surface area contributed by atoms with Gasteiger partial charge in [0, 0.05) is 17.5 Å². The van der Waals surface area contributed by atoms with E-state index in [2.05, 4.69) is 29.7 Å². The van der Waals surface area contributed by atoms with Gasteiger partial charge in [-0.1, -0.05) is 43.1 Å². The Bertz CT molecular complexity index is 975. The summed E-state index contributed by atoms with van der Waals surface area (Å²) in [5, 5.41) is 7.47. The van der Waals surface area contributed by atoms with E-state index in [9.17, 15) is 9.59 Å². The van der Waals surface area contributed by atoms with Crippen LogP contribution in [-0.2, 0) is 6.42 Å². The van der Waals surface area contributed by atoms with Gasteiger partial charge in [0.15, 0.2) is 5.76 Å². The molecule has 9 heteroatoms. The van der Waals surface area contributed by atoms with Crippen LogP contribution in [0.25, 0.3) is 0 Å². The van der Waals surface area contributed by atoms with Crippen molar-refractivity contribution in [2.75, 3.05) is 5.32 Å². The maximum Gasteiger partial charge on any atom is 0.332 e. The molecule has 0 aliphatic heterocycles. The summed E-state index contributed by atoms with van der Waals surface area (Å²) < 4.78 is 5.90. The molecule has 3 rings (SSSR count). The summed E-state index contributed by atoms with van der Waals surface area (Å²) in [6.45, 7) is 5.87. The average Bonchev–Trinajstić information content (AvgIpc) is 2.91. The van der Waals surface area contributed by atoms with E-state index in [1.165, 1.54) is 0 Å². The standard InChI is InChI=1S/C19H20Cl2N4O3/c1-9-14-12(24-25-18(22)27)7-19(2,3)8-13(14)28-16(9)17(26)23-15-10(20)5-4-6-11(15)21/h4-6H,7-8H2,1-3H3,(H,23,26)(H3,22,25,27)/b24-12-. The smallest absolute Gasteiger partial charge is 0.332 e. The SMILES string of the molecule is Cc1c(C(=O)Nc2c(Cl)cccc2Cl)oc2c1/C(=N\NC(N)=O)CC(C)(C)C2. The van der Waals surface area contributed by atoms with Gasteiger partial charge in [0.1, 0.15) is 5.76 Å². The van der Waals surface area contributed by atoms with Gasteiger partial charge in [-0.2, -0.15) is 5.10 Å². The summed E-state index contributed by atoms with van der Waals surface area (Å²) in [5.74, 6) is 0.307. The molecule has 0 fully saturated rings. The third-order valence-corrected chi connectivity index (χ3v) is 5.13. The summed E-state index contributed by atoms with van der Waals surface area (Å²) in [6.07, 6.45) is 1.22. The number of benzene rings is 1. The molecule has 0 bridgehead atoms. The minimum atomic E-state index is -0.759. The second-order valence-electron chi connectivity index (χ2n) is 7.46. The maximum atomic E-state index is 12.8. The summed E-state index contributed by atoms with van der Waals surface area (Å²) in [4.78, 5) is 23.9. The highest BCUT2D eigenvalue weighted by atomic mass is 35.5. The van der Waals surface area contributed by atoms with E-state index in [0.717, 1.165) is 0 Å². The Morgan fingerprint density at radius 1 is 1.21 bits per heavy atom. The van der Waals surface area contributed by atoms with Crippen LogP contribution in [0.15, 0.2) is 27.7 Å². The van der Waals surface area contributed by atoms with Crippen LogP contribution in [0.5, 0.6) is 0 Å². The second kappa shape index (κ2) is 7.48. The molecule has 3 amide bonds. The predicted molar refractivity (Wildman–Crippen MR) is 109 cm³/mol. The number of hydrogen-bond donors (Lipinski definition) is 3. The molecule has 148 valence electrons. The second-order valence-corrected chi connectivity index (χ2v) is 8.27. The first-order valence-electron chi connectivity index (χ1n) is 8.59. The zero-order valence-electron chi connectivity index (χ0n) is 15.7. The first-order chi connectivity index (χ1) is 13.1. The van der Waals surface area contributed by atoms with Crippen LogP contribution < -0.4 is 16.5 Å². The number of primary amides is 1. The van der Waals surface area contributed by atoms with Crippen LogP contribution in [-0.4, -0.2) is 17.6 Å². The number of nitrogens with zero attached hydrogens (tertiary/aromatic N) is 1. The van der Waals surface area contributed by atoms with E-state index < -0.39 is 11.9 Å². The van der Waals surface area contributed by atoms with Gasteiger partial charge in [-0.3, -0.25) is 4.79 Å². The monoisotopic (exact) mass is 422 g/mol. The Labute approximate surface area is 172 Å². The third kappa shape index (κ3) is 4.00. The van der Waals surface area contributed by atoms with Crippen molar-refractivity contribution in [3.63, 3.8) is 0 Å². The lowest BCUT2D eigenvalue weighted by atomic mass is 9.75. The molecule has 28 heavy (non-hydrogen) atoms. The lowest BCUT2D eigenvalue weighted by Gasteiger charge is -2.29. The van der Waals surface area contributed by atoms with E-state index in [4.69, 9.17) is 33.4 Å². The number of rotatable bonds is 3. The molecule has 1 heterocycles. The van der Waals surface area contributed by atoms with Crippen molar-refractivity contribution in [2.45, 2.75) is 33.6 Å². The molecule has 0 radical (unpaired) electrons. The van der Waals surface area contributed by atoms with Gasteiger partial charge in [0.05, 0.1) is 21.4 Å². The van der Waals surface area contributed by atoms with Crippen LogP contribution in [0, 0.1) is 12.3 Å². The van der Waals surface area contributed by atoms with Crippen molar-refractivity contribution >= 4 is 46.5 Å². The lowest BCUT2D eigenvalue weighted by Crippen LogP contribution is -2.31. The number of urea groups is 1. The zero-order valence-corrected chi connectivity index (χ0v) is 17.2. The number of hydrogen-bond acceptors (Lipinski definition) is 4. The average molecular weight is 423 g/mol. The summed E-state index contributed by atoms with van der Waals surface area (Å²) in [5.41, 5.74) is 9.50. The molecule has 2 aromatic rings. The van der Waals surface area contributed by atoms with Crippen LogP contribution >= 0.6 is 23.2 Å². The number of fused-ring (bicyclic) bond motifs is 1. The number of halogens is 2. The largest absolute Gasteiger partial charge is 0.455 e. The van der Waals surface area contributed by atoms with Crippen molar-refractivity contribution in [2.24, 2.45) is 16.3 Å². The molecule has 1 aromatic carbocycles. The van der Waals surface area contributed by atoms with Crippen LogP contribution in [0.4, 0.5) is 10.5 Å². The number of hydrazone groups is 1. The minimum Gasteiger partial charge on any atom is -0.455 e. The van der Waals surface area contributed by atoms with Crippen molar-refractivity contribution in [3.05, 3.63) is 50.9 Å². The summed E-state index contributed by atoms with van der Waals surface area (Å²) in [6, 6.07) is 4.19. The number of carbonyl (C=O) groups is 2. The van der Waals surface area contributed by atoms with E-state index >= 15 is 0 Å². The fraction of sp³-hybridized carbons (Fsp3) is 0.316. The van der Waals surface area contributed by atoms with Gasteiger partial charge in [0.25, 0.3) is 5.91 Å². The number of para-hydroxylation sites is 1. The maximum absolute atomic E-state index is 12.8. The van der Waals surface area contributed by atoms with Crippen molar-refractivity contribution in [3.8, 4) is 0 Å². The van der Waals surface area contributed by atoms with Crippen LogP contribution in [0.2, 0.25) is 10.0 Å². The number of anilines is 1. The van der Waals surface area contributed by atoms with Crippen LogP contribution in [0.1, 0.15) is 47.7 Å². The normalized spacial score (nSPS) is 16.5. The van der Waals surface area contributed by atoms with Gasteiger partial charge >= 0.3 is 6.03 Å². The first-order valence-corrected chi connectivity index (χ1v) is 9.34. The molecule has 4 N–H and O–H groups in total. The molecule has 0 saturated heterocycles. The molecule has 1 aliphatic rings. The molecule has 0 saturated carbocycles. The van der Waals surface area contributed by atoms with Crippen molar-refractivity contribution < 1.29 is 14.0 Å².